The molecule has 0 unspecified atom stereocenters. The van der Waals surface area contributed by atoms with Crippen LogP contribution in [0.1, 0.15) is 47.0 Å². The summed E-state index contributed by atoms with van der Waals surface area (Å²) in [4.78, 5) is 16.7. The van der Waals surface area contributed by atoms with Gasteiger partial charge in [-0.3, -0.25) is 4.79 Å². The van der Waals surface area contributed by atoms with Gasteiger partial charge < -0.3 is 31.3 Å². The molecular formula is C26H32N4O4. The summed E-state index contributed by atoms with van der Waals surface area (Å²) >= 11 is 0. The first-order chi connectivity index (χ1) is 16.2. The molecule has 3 aromatic rings. The lowest BCUT2D eigenvalue weighted by Gasteiger charge is -2.28. The normalized spacial score (nSPS) is 12.2. The number of aromatic nitrogens is 1. The third-order valence-corrected chi connectivity index (χ3v) is 5.50. The Hall–Kier alpha value is -3.62. The summed E-state index contributed by atoms with van der Waals surface area (Å²) in [5, 5.41) is 26.4. The Morgan fingerprint density at radius 3 is 2.65 bits per heavy atom. The van der Waals surface area contributed by atoms with Crippen LogP contribution in [-0.4, -0.2) is 40.3 Å². The largest absolute Gasteiger partial charge is 0.504 e. The number of aliphatic hydroxyl groups is 1. The maximum atomic E-state index is 12.7. The predicted molar refractivity (Wildman–Crippen MR) is 132 cm³/mol. The van der Waals surface area contributed by atoms with Crippen LogP contribution in [0.15, 0.2) is 60.8 Å². The number of hydrogen-bond acceptors (Lipinski definition) is 7. The maximum Gasteiger partial charge on any atom is 0.251 e. The number of ether oxygens (including phenoxy) is 1. The van der Waals surface area contributed by atoms with Crippen molar-refractivity contribution in [1.82, 2.24) is 15.6 Å². The minimum atomic E-state index is -0.706. The molecule has 1 amide bonds. The molecule has 0 aliphatic carbocycles. The lowest BCUT2D eigenvalue weighted by Crippen LogP contribution is -2.43. The summed E-state index contributed by atoms with van der Waals surface area (Å²) in [5.74, 6) is 0.641. The van der Waals surface area contributed by atoms with Gasteiger partial charge in [0.2, 0.25) is 0 Å². The van der Waals surface area contributed by atoms with Crippen LogP contribution in [0.25, 0.3) is 0 Å². The second-order valence-electron chi connectivity index (χ2n) is 8.86. The van der Waals surface area contributed by atoms with Crippen LogP contribution in [0, 0.1) is 0 Å². The van der Waals surface area contributed by atoms with Crippen LogP contribution >= 0.6 is 0 Å². The van der Waals surface area contributed by atoms with Gasteiger partial charge in [-0.1, -0.05) is 24.3 Å². The molecule has 0 aliphatic rings. The number of nitrogens with one attached hydrogen (secondary N) is 2. The summed E-state index contributed by atoms with van der Waals surface area (Å²) < 4.78 is 5.11. The Kier molecular flexibility index (Phi) is 8.09. The number of carbonyl (C=O) groups excluding carboxylic acids is 1. The molecular weight excluding hydrogens is 432 g/mol. The number of phenols is 1. The fourth-order valence-corrected chi connectivity index (χ4v) is 3.62. The molecule has 0 spiro atoms. The Morgan fingerprint density at radius 2 is 1.94 bits per heavy atom. The van der Waals surface area contributed by atoms with Crippen LogP contribution in [0.4, 0.5) is 5.82 Å². The number of aromatic hydroxyl groups is 1. The Bertz CT molecular complexity index is 1120. The van der Waals surface area contributed by atoms with E-state index in [0.717, 1.165) is 11.1 Å². The number of hydrogen-bond donors (Lipinski definition) is 5. The molecule has 0 aliphatic heterocycles. The first-order valence-corrected chi connectivity index (χ1v) is 11.0. The number of rotatable bonds is 10. The Labute approximate surface area is 199 Å². The number of β-amino-alcohol motifs (C(OH)–C–C–N with tert-alkyl or cyclic N) is 1. The van der Waals surface area contributed by atoms with Gasteiger partial charge in [-0.15, -0.1) is 0 Å². The van der Waals surface area contributed by atoms with Crippen LogP contribution in [0.2, 0.25) is 0 Å². The van der Waals surface area contributed by atoms with Gasteiger partial charge in [0.1, 0.15) is 5.82 Å². The van der Waals surface area contributed by atoms with Crippen LogP contribution in [0.5, 0.6) is 11.5 Å². The van der Waals surface area contributed by atoms with Crippen molar-refractivity contribution in [1.29, 1.82) is 0 Å². The summed E-state index contributed by atoms with van der Waals surface area (Å²) in [6.07, 6.45) is 1.53. The Balaban J connectivity index is 1.57. The number of phenolic OH excluding ortho intramolecular Hbond substituents is 1. The van der Waals surface area contributed by atoms with Gasteiger partial charge in [-0.25, -0.2) is 4.98 Å². The lowest BCUT2D eigenvalue weighted by atomic mass is 9.93. The highest BCUT2D eigenvalue weighted by molar-refractivity contribution is 5.94. The molecule has 180 valence electrons. The molecule has 1 heterocycles. The minimum Gasteiger partial charge on any atom is -0.504 e. The average molecular weight is 465 g/mol. The minimum absolute atomic E-state index is 0.0548. The second kappa shape index (κ2) is 11.0. The van der Waals surface area contributed by atoms with E-state index < -0.39 is 6.10 Å². The van der Waals surface area contributed by atoms with Gasteiger partial charge in [0.05, 0.1) is 13.2 Å². The fraction of sp³-hybridized carbons (Fsp3) is 0.308. The zero-order valence-corrected chi connectivity index (χ0v) is 19.7. The van der Waals surface area contributed by atoms with Gasteiger partial charge in [0, 0.05) is 36.0 Å². The summed E-state index contributed by atoms with van der Waals surface area (Å²) in [6, 6.07) is 15.9. The number of anilines is 1. The van der Waals surface area contributed by atoms with Gasteiger partial charge >= 0.3 is 0 Å². The van der Waals surface area contributed by atoms with E-state index in [1.807, 2.05) is 32.0 Å². The van der Waals surface area contributed by atoms with E-state index in [1.165, 1.54) is 13.2 Å². The monoisotopic (exact) mass is 464 g/mol. The summed E-state index contributed by atoms with van der Waals surface area (Å²) in [6.45, 7) is 4.76. The summed E-state index contributed by atoms with van der Waals surface area (Å²) in [5.41, 5.74) is 8.36. The molecule has 6 N–H and O–H groups in total. The molecule has 8 heteroatoms. The van der Waals surface area contributed by atoms with E-state index in [1.54, 1.807) is 36.5 Å². The van der Waals surface area contributed by atoms with Crippen LogP contribution < -0.4 is 21.1 Å². The van der Waals surface area contributed by atoms with Crippen molar-refractivity contribution in [2.75, 3.05) is 19.4 Å². The van der Waals surface area contributed by atoms with E-state index in [-0.39, 0.29) is 17.2 Å². The number of carbonyl (C=O) groups is 1. The van der Waals surface area contributed by atoms with E-state index in [9.17, 15) is 15.0 Å². The smallest absolute Gasteiger partial charge is 0.251 e. The quantitative estimate of drug-likeness (QED) is 0.312. The third kappa shape index (κ3) is 6.94. The van der Waals surface area contributed by atoms with E-state index in [2.05, 4.69) is 15.6 Å². The number of nitrogens with zero attached hydrogens (tertiary/aromatic N) is 1. The van der Waals surface area contributed by atoms with E-state index in [4.69, 9.17) is 10.5 Å². The first-order valence-electron chi connectivity index (χ1n) is 11.0. The van der Waals surface area contributed by atoms with Crippen molar-refractivity contribution in [2.24, 2.45) is 0 Å². The van der Waals surface area contributed by atoms with Crippen LogP contribution in [0.3, 0.4) is 0 Å². The molecule has 0 radical (unpaired) electrons. The zero-order chi connectivity index (χ0) is 24.7. The van der Waals surface area contributed by atoms with Gasteiger partial charge in [0.25, 0.3) is 5.91 Å². The highest BCUT2D eigenvalue weighted by Crippen LogP contribution is 2.26. The molecule has 8 nitrogen and oxygen atoms in total. The maximum absolute atomic E-state index is 12.7. The van der Waals surface area contributed by atoms with Crippen molar-refractivity contribution >= 4 is 11.7 Å². The topological polar surface area (TPSA) is 130 Å². The standard InChI is InChI=1S/C26H32N4O4/c1-26(2,30-16-22(32)20-8-10-24(27)28-15-20)13-17-5-4-6-19(11-17)25(33)29-14-18-7-9-21(31)23(12-18)34-3/h4-12,15,22,30-32H,13-14,16H2,1-3H3,(H2,27,28)(H,29,33)/t22-/m1/s1. The van der Waals surface area contributed by atoms with E-state index >= 15 is 0 Å². The van der Waals surface area contributed by atoms with Gasteiger partial charge in [-0.05, 0) is 61.7 Å². The van der Waals surface area contributed by atoms with Crippen molar-refractivity contribution in [2.45, 2.75) is 38.5 Å². The lowest BCUT2D eigenvalue weighted by molar-refractivity contribution is 0.0950. The highest BCUT2D eigenvalue weighted by Gasteiger charge is 2.20. The second-order valence-corrected chi connectivity index (χ2v) is 8.86. The van der Waals surface area contributed by atoms with Crippen molar-refractivity contribution in [3.63, 3.8) is 0 Å². The Morgan fingerprint density at radius 1 is 1.15 bits per heavy atom. The molecule has 0 saturated carbocycles. The average Bonchev–Trinajstić information content (AvgIpc) is 2.82. The fourth-order valence-electron chi connectivity index (χ4n) is 3.62. The molecule has 2 aromatic carbocycles. The number of pyridine rings is 1. The van der Waals surface area contributed by atoms with Crippen molar-refractivity contribution in [3.05, 3.63) is 83.0 Å². The number of benzene rings is 2. The number of methoxy groups -OCH3 is 1. The SMILES string of the molecule is COc1cc(CNC(=O)c2cccc(CC(C)(C)NC[C@@H](O)c3ccc(N)nc3)c2)ccc1O. The first kappa shape index (κ1) is 25.0. The predicted octanol–water partition coefficient (Wildman–Crippen LogP) is 2.95. The molecule has 1 aromatic heterocycles. The van der Waals surface area contributed by atoms with Gasteiger partial charge in [-0.2, -0.15) is 0 Å². The van der Waals surface area contributed by atoms with Crippen molar-refractivity contribution < 1.29 is 19.7 Å². The number of nitrogens with two attached hydrogens (primary N) is 1. The molecule has 3 rings (SSSR count). The molecule has 0 bridgehead atoms. The van der Waals surface area contributed by atoms with E-state index in [0.29, 0.717) is 42.2 Å². The van der Waals surface area contributed by atoms with Gasteiger partial charge in [0.15, 0.2) is 11.5 Å². The number of aliphatic hydroxyl groups excluding tert-OH is 1. The number of nitrogen functional groups attached to an aromatic ring is 1. The third-order valence-electron chi connectivity index (χ3n) is 5.50. The highest BCUT2D eigenvalue weighted by atomic mass is 16.5. The molecule has 34 heavy (non-hydrogen) atoms. The zero-order valence-electron chi connectivity index (χ0n) is 19.7. The molecule has 0 saturated heterocycles. The molecule has 1 atom stereocenters. The summed E-state index contributed by atoms with van der Waals surface area (Å²) in [7, 11) is 1.48. The van der Waals surface area contributed by atoms with Crippen LogP contribution in [-0.2, 0) is 13.0 Å². The molecule has 0 fully saturated rings. The number of amides is 1. The van der Waals surface area contributed by atoms with Crippen molar-refractivity contribution in [3.8, 4) is 11.5 Å².